The zero-order chi connectivity index (χ0) is 10.4. The number of hydrogen-bond acceptors (Lipinski definition) is 4. The SMILES string of the molecule is CSCC(C)C(=O)NCc1ccns1. The smallest absolute Gasteiger partial charge is 0.223 e. The molecule has 0 aromatic carbocycles. The molecule has 0 spiro atoms. The lowest BCUT2D eigenvalue weighted by Crippen LogP contribution is -2.29. The third-order valence-electron chi connectivity index (χ3n) is 1.79. The summed E-state index contributed by atoms with van der Waals surface area (Å²) in [5, 5.41) is 2.89. The van der Waals surface area contributed by atoms with E-state index >= 15 is 0 Å². The molecule has 0 bridgehead atoms. The number of carbonyl (C=O) groups excluding carboxylic acids is 1. The minimum Gasteiger partial charge on any atom is -0.351 e. The van der Waals surface area contributed by atoms with E-state index in [1.807, 2.05) is 19.2 Å². The van der Waals surface area contributed by atoms with E-state index in [0.717, 1.165) is 10.6 Å². The van der Waals surface area contributed by atoms with Crippen LogP contribution in [-0.2, 0) is 11.3 Å². The van der Waals surface area contributed by atoms with E-state index in [-0.39, 0.29) is 11.8 Å². The van der Waals surface area contributed by atoms with E-state index in [2.05, 4.69) is 9.69 Å². The Kier molecular flexibility index (Phi) is 4.97. The summed E-state index contributed by atoms with van der Waals surface area (Å²) >= 11 is 3.11. The van der Waals surface area contributed by atoms with Crippen LogP contribution in [0.1, 0.15) is 11.8 Å². The number of thioether (sulfide) groups is 1. The van der Waals surface area contributed by atoms with Gasteiger partial charge in [-0.2, -0.15) is 11.8 Å². The molecule has 0 aliphatic carbocycles. The number of aromatic nitrogens is 1. The molecule has 5 heteroatoms. The lowest BCUT2D eigenvalue weighted by molar-refractivity contribution is -0.123. The lowest BCUT2D eigenvalue weighted by atomic mass is 10.2. The maximum Gasteiger partial charge on any atom is 0.223 e. The van der Waals surface area contributed by atoms with Gasteiger partial charge in [0.25, 0.3) is 0 Å². The van der Waals surface area contributed by atoms with Crippen molar-refractivity contribution in [1.29, 1.82) is 0 Å². The monoisotopic (exact) mass is 230 g/mol. The Morgan fingerprint density at radius 2 is 2.57 bits per heavy atom. The van der Waals surface area contributed by atoms with Crippen molar-refractivity contribution in [3.8, 4) is 0 Å². The fourth-order valence-electron chi connectivity index (χ4n) is 1.01. The summed E-state index contributed by atoms with van der Waals surface area (Å²) in [6.07, 6.45) is 3.75. The van der Waals surface area contributed by atoms with Crippen molar-refractivity contribution in [2.45, 2.75) is 13.5 Å². The number of hydrogen-bond donors (Lipinski definition) is 1. The van der Waals surface area contributed by atoms with Gasteiger partial charge in [-0.3, -0.25) is 4.79 Å². The van der Waals surface area contributed by atoms with Crippen LogP contribution in [0.2, 0.25) is 0 Å². The Bertz CT molecular complexity index is 274. The van der Waals surface area contributed by atoms with Gasteiger partial charge in [0.2, 0.25) is 5.91 Å². The highest BCUT2D eigenvalue weighted by atomic mass is 32.2. The lowest BCUT2D eigenvalue weighted by Gasteiger charge is -2.09. The van der Waals surface area contributed by atoms with Crippen molar-refractivity contribution in [3.05, 3.63) is 17.1 Å². The molecular formula is C9H14N2OS2. The van der Waals surface area contributed by atoms with Gasteiger partial charge in [0.1, 0.15) is 0 Å². The molecular weight excluding hydrogens is 216 g/mol. The van der Waals surface area contributed by atoms with Crippen LogP contribution in [-0.4, -0.2) is 22.3 Å². The third kappa shape index (κ3) is 3.67. The molecule has 1 unspecified atom stereocenters. The minimum atomic E-state index is 0.0814. The fourth-order valence-corrected chi connectivity index (χ4v) is 2.17. The fraction of sp³-hybridized carbons (Fsp3) is 0.556. The average Bonchev–Trinajstić information content (AvgIpc) is 2.67. The highest BCUT2D eigenvalue weighted by Crippen LogP contribution is 2.06. The molecule has 0 radical (unpaired) electrons. The molecule has 1 N–H and O–H groups in total. The second-order valence-electron chi connectivity index (χ2n) is 3.05. The van der Waals surface area contributed by atoms with Crippen molar-refractivity contribution in [3.63, 3.8) is 0 Å². The summed E-state index contributed by atoms with van der Waals surface area (Å²) in [7, 11) is 0. The van der Waals surface area contributed by atoms with Crippen LogP contribution >= 0.6 is 23.3 Å². The highest BCUT2D eigenvalue weighted by molar-refractivity contribution is 7.98. The minimum absolute atomic E-state index is 0.0814. The first-order valence-corrected chi connectivity index (χ1v) is 6.57. The van der Waals surface area contributed by atoms with Gasteiger partial charge in [-0.15, -0.1) is 0 Å². The molecule has 1 aromatic heterocycles. The Balaban J connectivity index is 2.27. The molecule has 1 heterocycles. The summed E-state index contributed by atoms with van der Waals surface area (Å²) in [6.45, 7) is 2.54. The number of amides is 1. The first-order chi connectivity index (χ1) is 6.74. The van der Waals surface area contributed by atoms with Crippen LogP contribution < -0.4 is 5.32 Å². The van der Waals surface area contributed by atoms with Gasteiger partial charge in [-0.05, 0) is 23.9 Å². The molecule has 1 amide bonds. The molecule has 14 heavy (non-hydrogen) atoms. The molecule has 1 rings (SSSR count). The Morgan fingerprint density at radius 3 is 3.14 bits per heavy atom. The predicted molar refractivity (Wildman–Crippen MR) is 61.5 cm³/mol. The van der Waals surface area contributed by atoms with Crippen molar-refractivity contribution in [2.24, 2.45) is 5.92 Å². The zero-order valence-electron chi connectivity index (χ0n) is 8.32. The van der Waals surface area contributed by atoms with E-state index in [9.17, 15) is 4.79 Å². The van der Waals surface area contributed by atoms with Crippen molar-refractivity contribution >= 4 is 29.2 Å². The first kappa shape index (κ1) is 11.5. The first-order valence-electron chi connectivity index (χ1n) is 4.40. The summed E-state index contributed by atoms with van der Waals surface area (Å²) in [5.41, 5.74) is 0. The van der Waals surface area contributed by atoms with Gasteiger partial charge in [0, 0.05) is 22.7 Å². The van der Waals surface area contributed by atoms with Gasteiger partial charge in [0.05, 0.1) is 6.54 Å². The predicted octanol–water partition coefficient (Wildman–Crippen LogP) is 1.76. The van der Waals surface area contributed by atoms with E-state index in [4.69, 9.17) is 0 Å². The molecule has 0 fully saturated rings. The number of carbonyl (C=O) groups is 1. The van der Waals surface area contributed by atoms with Gasteiger partial charge in [0.15, 0.2) is 0 Å². The van der Waals surface area contributed by atoms with Gasteiger partial charge < -0.3 is 5.32 Å². The number of nitrogens with one attached hydrogen (secondary N) is 1. The molecule has 1 aromatic rings. The van der Waals surface area contributed by atoms with E-state index < -0.39 is 0 Å². The van der Waals surface area contributed by atoms with Gasteiger partial charge >= 0.3 is 0 Å². The molecule has 78 valence electrons. The standard InChI is InChI=1S/C9H14N2OS2/c1-7(6-13-2)9(12)10-5-8-3-4-11-14-8/h3-4,7H,5-6H2,1-2H3,(H,10,12). The third-order valence-corrected chi connectivity index (χ3v) is 3.37. The van der Waals surface area contributed by atoms with E-state index in [1.54, 1.807) is 18.0 Å². The van der Waals surface area contributed by atoms with Crippen molar-refractivity contribution in [1.82, 2.24) is 9.69 Å². The maximum atomic E-state index is 11.5. The summed E-state index contributed by atoms with van der Waals surface area (Å²) in [5.74, 6) is 1.07. The summed E-state index contributed by atoms with van der Waals surface area (Å²) < 4.78 is 3.97. The zero-order valence-corrected chi connectivity index (χ0v) is 9.95. The average molecular weight is 230 g/mol. The summed E-state index contributed by atoms with van der Waals surface area (Å²) in [6, 6.07) is 1.92. The highest BCUT2D eigenvalue weighted by Gasteiger charge is 2.11. The molecule has 0 aliphatic heterocycles. The molecule has 0 saturated carbocycles. The van der Waals surface area contributed by atoms with Crippen LogP contribution in [0.5, 0.6) is 0 Å². The maximum absolute atomic E-state index is 11.5. The molecule has 1 atom stereocenters. The topological polar surface area (TPSA) is 42.0 Å². The largest absolute Gasteiger partial charge is 0.351 e. The van der Waals surface area contributed by atoms with Crippen LogP contribution in [0, 0.1) is 5.92 Å². The second kappa shape index (κ2) is 6.03. The molecule has 3 nitrogen and oxygen atoms in total. The van der Waals surface area contributed by atoms with Crippen LogP contribution in [0.4, 0.5) is 0 Å². The number of rotatable bonds is 5. The van der Waals surface area contributed by atoms with E-state index in [0.29, 0.717) is 6.54 Å². The van der Waals surface area contributed by atoms with Crippen molar-refractivity contribution in [2.75, 3.05) is 12.0 Å². The summed E-state index contributed by atoms with van der Waals surface area (Å²) in [4.78, 5) is 12.6. The van der Waals surface area contributed by atoms with Crippen LogP contribution in [0.3, 0.4) is 0 Å². The van der Waals surface area contributed by atoms with Gasteiger partial charge in [-0.25, -0.2) is 4.37 Å². The number of nitrogens with zero attached hydrogens (tertiary/aromatic N) is 1. The quantitative estimate of drug-likeness (QED) is 0.838. The van der Waals surface area contributed by atoms with Crippen LogP contribution in [0.15, 0.2) is 12.3 Å². The normalized spacial score (nSPS) is 12.4. The van der Waals surface area contributed by atoms with E-state index in [1.165, 1.54) is 11.5 Å². The van der Waals surface area contributed by atoms with Crippen molar-refractivity contribution < 1.29 is 4.79 Å². The Labute approximate surface area is 92.5 Å². The molecule has 0 aliphatic rings. The second-order valence-corrected chi connectivity index (χ2v) is 4.88. The Morgan fingerprint density at radius 1 is 1.79 bits per heavy atom. The Hall–Kier alpha value is -0.550. The molecule has 0 saturated heterocycles. The van der Waals surface area contributed by atoms with Crippen LogP contribution in [0.25, 0.3) is 0 Å². The van der Waals surface area contributed by atoms with Gasteiger partial charge in [-0.1, -0.05) is 6.92 Å².